The minimum Gasteiger partial charge on any atom is -0.477 e. The van der Waals surface area contributed by atoms with Crippen LogP contribution in [0.4, 0.5) is 5.69 Å². The van der Waals surface area contributed by atoms with Gasteiger partial charge in [0, 0.05) is 10.5 Å². The third-order valence-electron chi connectivity index (χ3n) is 2.28. The molecule has 102 valence electrons. The summed E-state index contributed by atoms with van der Waals surface area (Å²) >= 11 is 3.24. The van der Waals surface area contributed by atoms with Gasteiger partial charge >= 0.3 is 11.7 Å². The zero-order valence-electron chi connectivity index (χ0n) is 9.82. The highest BCUT2D eigenvalue weighted by Gasteiger charge is 2.20. The van der Waals surface area contributed by atoms with Crippen molar-refractivity contribution in [3.8, 4) is 11.6 Å². The number of nitro groups is 1. The molecule has 0 saturated heterocycles. The Kier molecular flexibility index (Phi) is 3.94. The van der Waals surface area contributed by atoms with Crippen LogP contribution in [-0.2, 0) is 0 Å². The largest absolute Gasteiger partial charge is 0.477 e. The van der Waals surface area contributed by atoms with Gasteiger partial charge in [-0.3, -0.25) is 10.1 Å². The van der Waals surface area contributed by atoms with E-state index in [4.69, 9.17) is 9.84 Å². The molecule has 0 aliphatic carbocycles. The second-order valence-electron chi connectivity index (χ2n) is 3.64. The molecular formula is C12H7BrN2O5. The van der Waals surface area contributed by atoms with Crippen molar-refractivity contribution in [2.45, 2.75) is 0 Å². The molecule has 20 heavy (non-hydrogen) atoms. The summed E-state index contributed by atoms with van der Waals surface area (Å²) in [6, 6.07) is 8.61. The van der Waals surface area contributed by atoms with E-state index in [-0.39, 0.29) is 11.6 Å². The Morgan fingerprint density at radius 1 is 1.25 bits per heavy atom. The Bertz CT molecular complexity index is 672. The topological polar surface area (TPSA) is 103 Å². The maximum absolute atomic E-state index is 10.9. The van der Waals surface area contributed by atoms with Gasteiger partial charge in [-0.15, -0.1) is 0 Å². The number of rotatable bonds is 4. The standard InChI is InChI=1S/C12H7BrN2O5/c13-7-1-3-8(4-2-7)20-11-10(15(18)19)6-5-9(14-11)12(16)17/h1-6H,(H,16,17). The fraction of sp³-hybridized carbons (Fsp3) is 0. The van der Waals surface area contributed by atoms with Gasteiger partial charge in [0.25, 0.3) is 5.88 Å². The molecule has 0 atom stereocenters. The number of aromatic carboxylic acids is 1. The minimum absolute atomic E-state index is 0.311. The number of carboxylic acid groups (broad SMARTS) is 1. The summed E-state index contributed by atoms with van der Waals surface area (Å²) in [5.74, 6) is -1.34. The average Bonchev–Trinajstić information content (AvgIpc) is 2.41. The maximum Gasteiger partial charge on any atom is 0.354 e. The van der Waals surface area contributed by atoms with Gasteiger partial charge in [-0.05, 0) is 30.3 Å². The summed E-state index contributed by atoms with van der Waals surface area (Å²) in [6.07, 6.45) is 0. The van der Waals surface area contributed by atoms with Crippen LogP contribution in [0.25, 0.3) is 0 Å². The van der Waals surface area contributed by atoms with Gasteiger partial charge in [-0.1, -0.05) is 15.9 Å². The number of hydrogen-bond donors (Lipinski definition) is 1. The molecule has 7 nitrogen and oxygen atoms in total. The average molecular weight is 339 g/mol. The molecule has 2 aromatic rings. The molecule has 8 heteroatoms. The van der Waals surface area contributed by atoms with Crippen molar-refractivity contribution in [1.82, 2.24) is 4.98 Å². The highest BCUT2D eigenvalue weighted by molar-refractivity contribution is 9.10. The van der Waals surface area contributed by atoms with E-state index in [1.54, 1.807) is 24.3 Å². The Hall–Kier alpha value is -2.48. The molecule has 0 aliphatic heterocycles. The molecule has 0 unspecified atom stereocenters. The van der Waals surface area contributed by atoms with Crippen LogP contribution in [0.3, 0.4) is 0 Å². The lowest BCUT2D eigenvalue weighted by Crippen LogP contribution is -2.03. The Balaban J connectivity index is 2.41. The number of nitrogens with zero attached hydrogens (tertiary/aromatic N) is 2. The molecule has 0 amide bonds. The molecule has 2 rings (SSSR count). The minimum atomic E-state index is -1.29. The van der Waals surface area contributed by atoms with Crippen LogP contribution in [0.15, 0.2) is 40.9 Å². The molecular weight excluding hydrogens is 332 g/mol. The summed E-state index contributed by atoms with van der Waals surface area (Å²) in [7, 11) is 0. The number of benzene rings is 1. The number of ether oxygens (including phenoxy) is 1. The summed E-state index contributed by atoms with van der Waals surface area (Å²) < 4.78 is 6.09. The van der Waals surface area contributed by atoms with Crippen molar-refractivity contribution in [2.75, 3.05) is 0 Å². The Morgan fingerprint density at radius 3 is 2.45 bits per heavy atom. The van der Waals surface area contributed by atoms with Gasteiger partial charge in [-0.25, -0.2) is 4.79 Å². The maximum atomic E-state index is 10.9. The van der Waals surface area contributed by atoms with Crippen molar-refractivity contribution >= 4 is 27.6 Å². The lowest BCUT2D eigenvalue weighted by atomic mass is 10.3. The van der Waals surface area contributed by atoms with Crippen LogP contribution in [0.2, 0.25) is 0 Å². The first kappa shape index (κ1) is 13.9. The predicted molar refractivity (Wildman–Crippen MR) is 72.1 cm³/mol. The summed E-state index contributed by atoms with van der Waals surface area (Å²) in [5, 5.41) is 19.7. The SMILES string of the molecule is O=C(O)c1ccc([N+](=O)[O-])c(Oc2ccc(Br)cc2)n1. The zero-order valence-corrected chi connectivity index (χ0v) is 11.4. The molecule has 0 saturated carbocycles. The highest BCUT2D eigenvalue weighted by Crippen LogP contribution is 2.30. The quantitative estimate of drug-likeness (QED) is 0.678. The number of carbonyl (C=O) groups is 1. The van der Waals surface area contributed by atoms with Gasteiger partial charge in [0.05, 0.1) is 4.92 Å². The van der Waals surface area contributed by atoms with Crippen LogP contribution in [0, 0.1) is 10.1 Å². The second kappa shape index (κ2) is 5.66. The monoisotopic (exact) mass is 338 g/mol. The van der Waals surface area contributed by atoms with E-state index in [1.165, 1.54) is 0 Å². The van der Waals surface area contributed by atoms with E-state index in [0.717, 1.165) is 16.6 Å². The van der Waals surface area contributed by atoms with Crippen molar-refractivity contribution in [1.29, 1.82) is 0 Å². The van der Waals surface area contributed by atoms with Crippen LogP contribution >= 0.6 is 15.9 Å². The van der Waals surface area contributed by atoms with E-state index < -0.39 is 16.6 Å². The lowest BCUT2D eigenvalue weighted by molar-refractivity contribution is -0.386. The first-order valence-electron chi connectivity index (χ1n) is 5.29. The smallest absolute Gasteiger partial charge is 0.354 e. The molecule has 1 N–H and O–H groups in total. The normalized spacial score (nSPS) is 10.1. The predicted octanol–water partition coefficient (Wildman–Crippen LogP) is 3.24. The van der Waals surface area contributed by atoms with Crippen molar-refractivity contribution < 1.29 is 19.6 Å². The zero-order chi connectivity index (χ0) is 14.7. The second-order valence-corrected chi connectivity index (χ2v) is 4.55. The molecule has 0 radical (unpaired) electrons. The lowest BCUT2D eigenvalue weighted by Gasteiger charge is -2.06. The molecule has 0 bridgehead atoms. The Labute approximate surface area is 121 Å². The van der Waals surface area contributed by atoms with Gasteiger partial charge in [0.15, 0.2) is 5.69 Å². The first-order chi connectivity index (χ1) is 9.47. The van der Waals surface area contributed by atoms with Gasteiger partial charge in [0.2, 0.25) is 0 Å². The third-order valence-corrected chi connectivity index (χ3v) is 2.81. The van der Waals surface area contributed by atoms with Gasteiger partial charge in [0.1, 0.15) is 5.75 Å². The molecule has 0 spiro atoms. The van der Waals surface area contributed by atoms with Crippen LogP contribution in [-0.4, -0.2) is 21.0 Å². The molecule has 1 heterocycles. The fourth-order valence-corrected chi connectivity index (χ4v) is 1.64. The number of carboxylic acids is 1. The van der Waals surface area contributed by atoms with Crippen LogP contribution in [0.1, 0.15) is 10.5 Å². The van der Waals surface area contributed by atoms with Crippen LogP contribution < -0.4 is 4.74 Å². The van der Waals surface area contributed by atoms with E-state index in [0.29, 0.717) is 5.75 Å². The Morgan fingerprint density at radius 2 is 1.90 bits per heavy atom. The third kappa shape index (κ3) is 3.09. The van der Waals surface area contributed by atoms with Crippen LogP contribution in [0.5, 0.6) is 11.6 Å². The number of aromatic nitrogens is 1. The van der Waals surface area contributed by atoms with E-state index in [1.807, 2.05) is 0 Å². The number of hydrogen-bond acceptors (Lipinski definition) is 5. The van der Waals surface area contributed by atoms with Crippen molar-refractivity contribution in [3.05, 3.63) is 56.7 Å². The summed E-state index contributed by atoms with van der Waals surface area (Å²) in [4.78, 5) is 24.7. The first-order valence-corrected chi connectivity index (χ1v) is 6.09. The van der Waals surface area contributed by atoms with E-state index in [9.17, 15) is 14.9 Å². The van der Waals surface area contributed by atoms with Gasteiger partial charge in [-0.2, -0.15) is 4.98 Å². The van der Waals surface area contributed by atoms with E-state index >= 15 is 0 Å². The molecule has 0 fully saturated rings. The molecule has 1 aromatic heterocycles. The summed E-state index contributed by atoms with van der Waals surface area (Å²) in [5.41, 5.74) is -0.736. The fourth-order valence-electron chi connectivity index (χ4n) is 1.38. The van der Waals surface area contributed by atoms with E-state index in [2.05, 4.69) is 20.9 Å². The van der Waals surface area contributed by atoms with Crippen molar-refractivity contribution in [2.24, 2.45) is 0 Å². The molecule has 0 aliphatic rings. The van der Waals surface area contributed by atoms with Gasteiger partial charge < -0.3 is 9.84 Å². The summed E-state index contributed by atoms with van der Waals surface area (Å²) in [6.45, 7) is 0. The number of halogens is 1. The van der Waals surface area contributed by atoms with Crippen molar-refractivity contribution in [3.63, 3.8) is 0 Å². The molecule has 1 aromatic carbocycles. The highest BCUT2D eigenvalue weighted by atomic mass is 79.9. The number of pyridine rings is 1.